The first-order valence-electron chi connectivity index (χ1n) is 8.90. The summed E-state index contributed by atoms with van der Waals surface area (Å²) in [5.41, 5.74) is 1.74. The van der Waals surface area contributed by atoms with Gasteiger partial charge in [-0.25, -0.2) is 13.2 Å². The fourth-order valence-corrected chi connectivity index (χ4v) is 4.86. The molecule has 0 spiro atoms. The van der Waals surface area contributed by atoms with Crippen molar-refractivity contribution < 1.29 is 22.7 Å². The molecule has 0 aliphatic carbocycles. The van der Waals surface area contributed by atoms with Crippen LogP contribution in [0, 0.1) is 13.8 Å². The van der Waals surface area contributed by atoms with Gasteiger partial charge in [-0.1, -0.05) is 18.2 Å². The van der Waals surface area contributed by atoms with Crippen LogP contribution in [-0.2, 0) is 14.8 Å². The predicted octanol–water partition coefficient (Wildman–Crippen LogP) is 4.20. The zero-order valence-corrected chi connectivity index (χ0v) is 18.2. The van der Waals surface area contributed by atoms with E-state index >= 15 is 0 Å². The van der Waals surface area contributed by atoms with Crippen LogP contribution in [-0.4, -0.2) is 27.4 Å². The van der Waals surface area contributed by atoms with Gasteiger partial charge >= 0.3 is 5.97 Å². The predicted molar refractivity (Wildman–Crippen MR) is 117 cm³/mol. The number of thiophene rings is 1. The molecule has 2 N–H and O–H groups in total. The van der Waals surface area contributed by atoms with Crippen LogP contribution in [0.1, 0.15) is 31.2 Å². The highest BCUT2D eigenvalue weighted by atomic mass is 32.2. The Hall–Kier alpha value is -3.17. The van der Waals surface area contributed by atoms with Crippen molar-refractivity contribution in [3.8, 4) is 0 Å². The highest BCUT2D eigenvalue weighted by Gasteiger charge is 2.22. The van der Waals surface area contributed by atoms with E-state index in [1.165, 1.54) is 54.8 Å². The largest absolute Gasteiger partial charge is 0.465 e. The Morgan fingerprint density at radius 1 is 0.967 bits per heavy atom. The molecule has 1 amide bonds. The number of amides is 1. The zero-order chi connectivity index (χ0) is 21.9. The molecule has 7 nitrogen and oxygen atoms in total. The summed E-state index contributed by atoms with van der Waals surface area (Å²) in [6, 6.07) is 14.0. The minimum absolute atomic E-state index is 0.144. The summed E-state index contributed by atoms with van der Waals surface area (Å²) in [6.07, 6.45) is 0. The maximum Gasteiger partial charge on any atom is 0.341 e. The van der Waals surface area contributed by atoms with E-state index in [4.69, 9.17) is 4.74 Å². The molecule has 0 saturated carbocycles. The number of esters is 1. The standard InChI is InChI=1S/C21H20N2O5S2/c1-13-14(2)29-20(18(13)21(25)28-3)22-19(24)15-9-11-16(12-10-15)23-30(26,27)17-7-5-4-6-8-17/h4-12,23H,1-3H3,(H,22,24). The van der Waals surface area contributed by atoms with Crippen molar-refractivity contribution in [3.63, 3.8) is 0 Å². The molecule has 3 aromatic rings. The normalized spacial score (nSPS) is 11.0. The number of sulfonamides is 1. The highest BCUT2D eigenvalue weighted by Crippen LogP contribution is 2.33. The number of methoxy groups -OCH3 is 1. The molecule has 9 heteroatoms. The van der Waals surface area contributed by atoms with Crippen molar-refractivity contribution in [2.24, 2.45) is 0 Å². The molecule has 0 atom stereocenters. The maximum atomic E-state index is 12.6. The molecule has 0 bridgehead atoms. The van der Waals surface area contributed by atoms with Gasteiger partial charge in [-0.05, 0) is 55.8 Å². The number of anilines is 2. The second-order valence-corrected chi connectivity index (χ2v) is 9.34. The Bertz CT molecular complexity index is 1180. The molecule has 1 aromatic heterocycles. The van der Waals surface area contributed by atoms with Gasteiger partial charge in [0.1, 0.15) is 5.00 Å². The average Bonchev–Trinajstić information content (AvgIpc) is 3.01. The first-order chi connectivity index (χ1) is 14.2. The number of hydrogen-bond donors (Lipinski definition) is 2. The third-order valence-corrected chi connectivity index (χ3v) is 6.97. The van der Waals surface area contributed by atoms with Crippen LogP contribution in [0.2, 0.25) is 0 Å². The topological polar surface area (TPSA) is 102 Å². The Labute approximate surface area is 178 Å². The maximum absolute atomic E-state index is 12.6. The summed E-state index contributed by atoms with van der Waals surface area (Å²) in [4.78, 5) is 25.7. The van der Waals surface area contributed by atoms with Crippen molar-refractivity contribution in [1.82, 2.24) is 0 Å². The summed E-state index contributed by atoms with van der Waals surface area (Å²) in [7, 11) is -2.43. The van der Waals surface area contributed by atoms with Gasteiger partial charge in [0.05, 0.1) is 17.6 Å². The number of ether oxygens (including phenoxy) is 1. The summed E-state index contributed by atoms with van der Waals surface area (Å²) < 4.78 is 32.1. The van der Waals surface area contributed by atoms with Crippen LogP contribution in [0.4, 0.5) is 10.7 Å². The number of aryl methyl sites for hydroxylation is 1. The van der Waals surface area contributed by atoms with Crippen LogP contribution in [0.5, 0.6) is 0 Å². The SMILES string of the molecule is COC(=O)c1c(NC(=O)c2ccc(NS(=O)(=O)c3ccccc3)cc2)sc(C)c1C. The minimum Gasteiger partial charge on any atom is -0.465 e. The van der Waals surface area contributed by atoms with Gasteiger partial charge in [0.25, 0.3) is 15.9 Å². The lowest BCUT2D eigenvalue weighted by Crippen LogP contribution is -2.15. The molecule has 3 rings (SSSR count). The van der Waals surface area contributed by atoms with Crippen LogP contribution in [0.3, 0.4) is 0 Å². The van der Waals surface area contributed by atoms with Crippen molar-refractivity contribution in [1.29, 1.82) is 0 Å². The molecule has 0 fully saturated rings. The second kappa shape index (κ2) is 8.68. The lowest BCUT2D eigenvalue weighted by Gasteiger charge is -2.09. The lowest BCUT2D eigenvalue weighted by atomic mass is 10.1. The molecule has 0 saturated heterocycles. The number of nitrogens with one attached hydrogen (secondary N) is 2. The summed E-state index contributed by atoms with van der Waals surface area (Å²) >= 11 is 1.29. The molecule has 0 radical (unpaired) electrons. The van der Waals surface area contributed by atoms with E-state index in [2.05, 4.69) is 10.0 Å². The van der Waals surface area contributed by atoms with Gasteiger partial charge in [-0.15, -0.1) is 11.3 Å². The van der Waals surface area contributed by atoms with E-state index in [9.17, 15) is 18.0 Å². The molecule has 0 aliphatic rings. The van der Waals surface area contributed by atoms with E-state index in [1.54, 1.807) is 25.1 Å². The van der Waals surface area contributed by atoms with Gasteiger partial charge in [-0.3, -0.25) is 9.52 Å². The van der Waals surface area contributed by atoms with Crippen LogP contribution in [0.15, 0.2) is 59.5 Å². The van der Waals surface area contributed by atoms with E-state index in [-0.39, 0.29) is 4.90 Å². The summed E-state index contributed by atoms with van der Waals surface area (Å²) in [6.45, 7) is 3.65. The van der Waals surface area contributed by atoms with Gasteiger partial charge < -0.3 is 10.1 Å². The highest BCUT2D eigenvalue weighted by molar-refractivity contribution is 7.92. The Kier molecular flexibility index (Phi) is 6.23. The monoisotopic (exact) mass is 444 g/mol. The number of carbonyl (C=O) groups is 2. The molecule has 30 heavy (non-hydrogen) atoms. The van der Waals surface area contributed by atoms with E-state index in [0.29, 0.717) is 21.8 Å². The smallest absolute Gasteiger partial charge is 0.341 e. The second-order valence-electron chi connectivity index (χ2n) is 6.43. The average molecular weight is 445 g/mol. The van der Waals surface area contributed by atoms with E-state index < -0.39 is 21.9 Å². The van der Waals surface area contributed by atoms with Crippen LogP contribution in [0.25, 0.3) is 0 Å². The molecule has 1 heterocycles. The molecule has 0 unspecified atom stereocenters. The first-order valence-corrected chi connectivity index (χ1v) is 11.2. The molecule has 2 aromatic carbocycles. The number of benzene rings is 2. The third kappa shape index (κ3) is 4.52. The van der Waals surface area contributed by atoms with Crippen molar-refractivity contribution in [2.75, 3.05) is 17.1 Å². The van der Waals surface area contributed by atoms with Crippen molar-refractivity contribution in [3.05, 3.63) is 76.2 Å². The Morgan fingerprint density at radius 2 is 1.60 bits per heavy atom. The fourth-order valence-electron chi connectivity index (χ4n) is 2.74. The Balaban J connectivity index is 1.77. The van der Waals surface area contributed by atoms with Crippen molar-refractivity contribution >= 4 is 43.9 Å². The number of carbonyl (C=O) groups excluding carboxylic acids is 2. The Morgan fingerprint density at radius 3 is 2.20 bits per heavy atom. The van der Waals surface area contributed by atoms with E-state index in [0.717, 1.165) is 10.4 Å². The van der Waals surface area contributed by atoms with E-state index in [1.807, 2.05) is 6.92 Å². The number of hydrogen-bond acceptors (Lipinski definition) is 6. The minimum atomic E-state index is -3.72. The van der Waals surface area contributed by atoms with Gasteiger partial charge in [0, 0.05) is 16.1 Å². The summed E-state index contributed by atoms with van der Waals surface area (Å²) in [5.74, 6) is -0.934. The fraction of sp³-hybridized carbons (Fsp3) is 0.143. The first kappa shape index (κ1) is 21.5. The quantitative estimate of drug-likeness (QED) is 0.555. The molecular weight excluding hydrogens is 424 g/mol. The van der Waals surface area contributed by atoms with Crippen LogP contribution < -0.4 is 10.0 Å². The van der Waals surface area contributed by atoms with Gasteiger partial charge in [0.15, 0.2) is 0 Å². The zero-order valence-electron chi connectivity index (χ0n) is 16.6. The molecular formula is C21H20N2O5S2. The van der Waals surface area contributed by atoms with Gasteiger partial charge in [0.2, 0.25) is 0 Å². The lowest BCUT2D eigenvalue weighted by molar-refractivity contribution is 0.0601. The molecule has 0 aliphatic heterocycles. The third-order valence-electron chi connectivity index (χ3n) is 4.45. The van der Waals surface area contributed by atoms with Crippen molar-refractivity contribution in [2.45, 2.75) is 18.7 Å². The van der Waals surface area contributed by atoms with Crippen LogP contribution >= 0.6 is 11.3 Å². The number of rotatable bonds is 6. The van der Waals surface area contributed by atoms with Gasteiger partial charge in [-0.2, -0.15) is 0 Å². The summed E-state index contributed by atoms with van der Waals surface area (Å²) in [5, 5.41) is 3.15. The molecule has 156 valence electrons.